The fourth-order valence-corrected chi connectivity index (χ4v) is 5.40. The van der Waals surface area contributed by atoms with Gasteiger partial charge in [0.15, 0.2) is 0 Å². The molecule has 6 rings (SSSR count). The van der Waals surface area contributed by atoms with Gasteiger partial charge in [-0.15, -0.1) is 0 Å². The number of benzene rings is 3. The van der Waals surface area contributed by atoms with E-state index in [2.05, 4.69) is 5.32 Å². The number of para-hydroxylation sites is 1. The first-order chi connectivity index (χ1) is 15.8. The zero-order valence-electron chi connectivity index (χ0n) is 17.9. The second kappa shape index (κ2) is 7.43. The van der Waals surface area contributed by atoms with E-state index in [0.29, 0.717) is 17.1 Å². The molecule has 0 aromatic heterocycles. The van der Waals surface area contributed by atoms with E-state index in [9.17, 15) is 24.9 Å². The molecule has 7 heteroatoms. The van der Waals surface area contributed by atoms with Crippen LogP contribution in [0.4, 0.5) is 0 Å². The Kier molecular flexibility index (Phi) is 4.77. The largest absolute Gasteiger partial charge is 0.481 e. The predicted octanol–water partition coefficient (Wildman–Crippen LogP) is 2.73. The van der Waals surface area contributed by atoms with Crippen LogP contribution in [-0.2, 0) is 20.8 Å². The first-order valence-corrected chi connectivity index (χ1v) is 10.8. The van der Waals surface area contributed by atoms with E-state index in [1.807, 2.05) is 18.2 Å². The van der Waals surface area contributed by atoms with Crippen LogP contribution >= 0.6 is 0 Å². The van der Waals surface area contributed by atoms with Crippen LogP contribution in [0, 0.1) is 11.8 Å². The number of aliphatic hydroxyl groups is 2. The average Bonchev–Trinajstić information content (AvgIpc) is 2.81. The number of carbonyl (C=O) groups is 2. The third kappa shape index (κ3) is 2.83. The van der Waals surface area contributed by atoms with Crippen molar-refractivity contribution in [2.75, 3.05) is 6.54 Å². The lowest BCUT2D eigenvalue weighted by Gasteiger charge is -2.57. The summed E-state index contributed by atoms with van der Waals surface area (Å²) in [5, 5.41) is 37.1. The quantitative estimate of drug-likeness (QED) is 0.480. The Labute approximate surface area is 190 Å². The minimum Gasteiger partial charge on any atom is -0.481 e. The summed E-state index contributed by atoms with van der Waals surface area (Å²) in [7, 11) is 0. The summed E-state index contributed by atoms with van der Waals surface area (Å²) in [6.07, 6.45) is 0. The fraction of sp³-hybridized carbons (Fsp3) is 0.231. The molecule has 2 bridgehead atoms. The van der Waals surface area contributed by atoms with Gasteiger partial charge in [0.05, 0.1) is 5.92 Å². The summed E-state index contributed by atoms with van der Waals surface area (Å²) < 4.78 is 5.91. The van der Waals surface area contributed by atoms with Crippen molar-refractivity contribution in [2.24, 2.45) is 11.8 Å². The lowest BCUT2D eigenvalue weighted by molar-refractivity contribution is -0.179. The van der Waals surface area contributed by atoms with Crippen LogP contribution in [0.25, 0.3) is 0 Å². The van der Waals surface area contributed by atoms with Crippen molar-refractivity contribution in [3.05, 3.63) is 95.1 Å². The Morgan fingerprint density at radius 1 is 0.818 bits per heavy atom. The van der Waals surface area contributed by atoms with Crippen molar-refractivity contribution in [3.8, 4) is 11.5 Å². The second-order valence-electron chi connectivity index (χ2n) is 8.39. The summed E-state index contributed by atoms with van der Waals surface area (Å²) in [4.78, 5) is 25.6. The van der Waals surface area contributed by atoms with Gasteiger partial charge in [0.1, 0.15) is 28.6 Å². The SMILES string of the molecule is CCNC(=O)C1C(C(=O)O)C2(O)c3ccccc3C1(O)c1ccc(Oc3ccccc3)cc12. The van der Waals surface area contributed by atoms with Crippen molar-refractivity contribution < 1.29 is 29.6 Å². The van der Waals surface area contributed by atoms with E-state index >= 15 is 0 Å². The number of carbonyl (C=O) groups excluding carboxylic acids is 1. The molecule has 0 saturated heterocycles. The highest BCUT2D eigenvalue weighted by atomic mass is 16.5. The number of hydrogen-bond acceptors (Lipinski definition) is 5. The molecule has 3 aromatic carbocycles. The van der Waals surface area contributed by atoms with Gasteiger partial charge in [-0.1, -0.05) is 48.5 Å². The number of ether oxygens (including phenoxy) is 1. The molecule has 0 radical (unpaired) electrons. The molecule has 3 aliphatic rings. The number of carboxylic acids is 1. The highest BCUT2D eigenvalue weighted by molar-refractivity contribution is 5.91. The standard InChI is InChI=1S/C26H23NO6/c1-2-27-23(28)21-22(24(29)30)26(32)18-11-7-6-10-17(18)25(21,31)19-13-12-16(14-20(19)26)33-15-8-4-3-5-9-15/h3-14,21-22,31-32H,2H2,1H3,(H,27,28)(H,29,30). The third-order valence-electron chi connectivity index (χ3n) is 6.67. The number of nitrogens with one attached hydrogen (secondary N) is 1. The van der Waals surface area contributed by atoms with Crippen LogP contribution in [0.5, 0.6) is 11.5 Å². The zero-order valence-corrected chi connectivity index (χ0v) is 17.9. The highest BCUT2D eigenvalue weighted by Crippen LogP contribution is 2.62. The zero-order chi connectivity index (χ0) is 23.4. The lowest BCUT2D eigenvalue weighted by atomic mass is 9.49. The highest BCUT2D eigenvalue weighted by Gasteiger charge is 2.69. The fourth-order valence-electron chi connectivity index (χ4n) is 5.40. The topological polar surface area (TPSA) is 116 Å². The predicted molar refractivity (Wildman–Crippen MR) is 119 cm³/mol. The van der Waals surface area contributed by atoms with E-state index in [4.69, 9.17) is 4.74 Å². The van der Waals surface area contributed by atoms with Gasteiger partial charge in [0, 0.05) is 6.54 Å². The molecular weight excluding hydrogens is 422 g/mol. The minimum absolute atomic E-state index is 0.213. The van der Waals surface area contributed by atoms with Gasteiger partial charge in [0.2, 0.25) is 5.91 Å². The molecule has 0 aliphatic heterocycles. The van der Waals surface area contributed by atoms with Gasteiger partial charge in [-0.05, 0) is 53.4 Å². The number of carboxylic acid groups (broad SMARTS) is 1. The van der Waals surface area contributed by atoms with Crippen molar-refractivity contribution in [2.45, 2.75) is 18.1 Å². The van der Waals surface area contributed by atoms with Gasteiger partial charge in [-0.25, -0.2) is 0 Å². The van der Waals surface area contributed by atoms with Crippen LogP contribution in [0.3, 0.4) is 0 Å². The average molecular weight is 445 g/mol. The Bertz CT molecular complexity index is 1260. The van der Waals surface area contributed by atoms with Crippen molar-refractivity contribution >= 4 is 11.9 Å². The number of fused-ring (bicyclic) bond motifs is 1. The molecule has 0 spiro atoms. The van der Waals surface area contributed by atoms with E-state index in [0.717, 1.165) is 0 Å². The molecule has 4 N–H and O–H groups in total. The molecule has 1 amide bonds. The molecule has 3 aliphatic carbocycles. The summed E-state index contributed by atoms with van der Waals surface area (Å²) in [5.41, 5.74) is -2.89. The first kappa shape index (κ1) is 21.2. The number of amides is 1. The monoisotopic (exact) mass is 445 g/mol. The van der Waals surface area contributed by atoms with E-state index in [-0.39, 0.29) is 23.2 Å². The maximum Gasteiger partial charge on any atom is 0.311 e. The van der Waals surface area contributed by atoms with Crippen molar-refractivity contribution in [1.82, 2.24) is 5.32 Å². The molecule has 0 heterocycles. The number of aliphatic carboxylic acids is 1. The van der Waals surface area contributed by atoms with Gasteiger partial charge in [0.25, 0.3) is 0 Å². The summed E-state index contributed by atoms with van der Waals surface area (Å²) >= 11 is 0. The Hall–Kier alpha value is -3.68. The second-order valence-corrected chi connectivity index (χ2v) is 8.39. The summed E-state index contributed by atoms with van der Waals surface area (Å²) in [6.45, 7) is 1.97. The normalized spacial score (nSPS) is 26.8. The van der Waals surface area contributed by atoms with Gasteiger partial charge in [-0.2, -0.15) is 0 Å². The first-order valence-electron chi connectivity index (χ1n) is 10.8. The molecule has 7 nitrogen and oxygen atoms in total. The molecule has 4 unspecified atom stereocenters. The van der Waals surface area contributed by atoms with Crippen LogP contribution in [0.1, 0.15) is 29.2 Å². The van der Waals surface area contributed by atoms with Crippen LogP contribution in [0.2, 0.25) is 0 Å². The molecular formula is C26H23NO6. The van der Waals surface area contributed by atoms with Crippen LogP contribution in [0.15, 0.2) is 72.8 Å². The van der Waals surface area contributed by atoms with E-state index in [1.165, 1.54) is 0 Å². The smallest absolute Gasteiger partial charge is 0.311 e. The Morgan fingerprint density at radius 2 is 1.39 bits per heavy atom. The van der Waals surface area contributed by atoms with Gasteiger partial charge in [-0.3, -0.25) is 9.59 Å². The van der Waals surface area contributed by atoms with Crippen molar-refractivity contribution in [3.63, 3.8) is 0 Å². The molecule has 33 heavy (non-hydrogen) atoms. The Balaban J connectivity index is 1.77. The molecule has 168 valence electrons. The van der Waals surface area contributed by atoms with E-state index in [1.54, 1.807) is 61.5 Å². The van der Waals surface area contributed by atoms with Gasteiger partial charge < -0.3 is 25.4 Å². The maximum atomic E-state index is 13.1. The molecule has 3 aromatic rings. The lowest BCUT2D eigenvalue weighted by Crippen LogP contribution is -2.65. The minimum atomic E-state index is -2.05. The van der Waals surface area contributed by atoms with Crippen LogP contribution < -0.4 is 10.1 Å². The van der Waals surface area contributed by atoms with Gasteiger partial charge >= 0.3 is 5.97 Å². The summed E-state index contributed by atoms with van der Waals surface area (Å²) in [5.74, 6) is -4.09. The Morgan fingerprint density at radius 3 is 2.00 bits per heavy atom. The van der Waals surface area contributed by atoms with Crippen LogP contribution in [-0.4, -0.2) is 33.7 Å². The summed E-state index contributed by atoms with van der Waals surface area (Å²) in [6, 6.07) is 20.4. The maximum absolute atomic E-state index is 13.1. The molecule has 0 fully saturated rings. The van der Waals surface area contributed by atoms with E-state index < -0.39 is 34.9 Å². The number of rotatable bonds is 5. The number of hydrogen-bond donors (Lipinski definition) is 4. The van der Waals surface area contributed by atoms with Crippen molar-refractivity contribution in [1.29, 1.82) is 0 Å². The molecule has 0 saturated carbocycles. The third-order valence-corrected chi connectivity index (χ3v) is 6.67. The molecule has 4 atom stereocenters.